The van der Waals surface area contributed by atoms with Crippen LogP contribution in [0.4, 0.5) is 18.9 Å². The van der Waals surface area contributed by atoms with Gasteiger partial charge in [-0.2, -0.15) is 13.2 Å². The van der Waals surface area contributed by atoms with Gasteiger partial charge in [-0.1, -0.05) is 12.1 Å². The first-order valence-corrected chi connectivity index (χ1v) is 7.95. The van der Waals surface area contributed by atoms with Gasteiger partial charge in [-0.3, -0.25) is 9.52 Å². The summed E-state index contributed by atoms with van der Waals surface area (Å²) in [6.45, 7) is 0. The lowest BCUT2D eigenvalue weighted by Crippen LogP contribution is -2.43. The van der Waals surface area contributed by atoms with E-state index < -0.39 is 40.5 Å². The van der Waals surface area contributed by atoms with E-state index in [9.17, 15) is 31.2 Å². The maximum absolute atomic E-state index is 12.3. The number of halogens is 3. The van der Waals surface area contributed by atoms with Crippen LogP contribution in [-0.2, 0) is 14.8 Å². The van der Waals surface area contributed by atoms with E-state index in [1.807, 2.05) is 4.72 Å². The number of carbonyl (C=O) groups excluding carboxylic acids is 1. The summed E-state index contributed by atoms with van der Waals surface area (Å²) in [6.07, 6.45) is -5.72. The highest BCUT2D eigenvalue weighted by atomic mass is 32.2. The van der Waals surface area contributed by atoms with Gasteiger partial charge in [-0.05, 0) is 12.1 Å². The lowest BCUT2D eigenvalue weighted by Gasteiger charge is -2.17. The van der Waals surface area contributed by atoms with Crippen LogP contribution in [0.3, 0.4) is 0 Å². The molecule has 0 heterocycles. The average Bonchev–Trinajstić information content (AvgIpc) is 2.34. The van der Waals surface area contributed by atoms with Crippen molar-refractivity contribution in [1.82, 2.24) is 5.32 Å². The third-order valence-electron chi connectivity index (χ3n) is 2.51. The Labute approximate surface area is 129 Å². The monoisotopic (exact) mass is 354 g/mol. The number of amides is 1. The molecule has 1 aromatic carbocycles. The Morgan fingerprint density at radius 2 is 1.83 bits per heavy atom. The minimum absolute atomic E-state index is 0.177. The summed E-state index contributed by atoms with van der Waals surface area (Å²) in [5.41, 5.74) is -0.477. The van der Waals surface area contributed by atoms with Gasteiger partial charge in [-0.15, -0.1) is 0 Å². The smallest absolute Gasteiger partial charge is 0.391 e. The first kappa shape index (κ1) is 18.7. The largest absolute Gasteiger partial charge is 0.480 e. The summed E-state index contributed by atoms with van der Waals surface area (Å²) >= 11 is 0. The summed E-state index contributed by atoms with van der Waals surface area (Å²) in [5, 5.41) is 10.5. The topological polar surface area (TPSA) is 113 Å². The van der Waals surface area contributed by atoms with E-state index in [1.165, 1.54) is 18.2 Å². The number of para-hydroxylation sites is 1. The van der Waals surface area contributed by atoms with Gasteiger partial charge in [0.15, 0.2) is 0 Å². The molecular weight excluding hydrogens is 341 g/mol. The molecule has 1 atom stereocenters. The zero-order valence-electron chi connectivity index (χ0n) is 11.7. The number of alkyl halides is 3. The first-order chi connectivity index (χ1) is 10.4. The number of rotatable bonds is 6. The molecular formula is C12H13F3N2O5S. The Balaban J connectivity index is 3.03. The number of aliphatic carboxylic acids is 1. The number of anilines is 1. The molecule has 1 unspecified atom stereocenters. The molecule has 0 saturated carbocycles. The third-order valence-corrected chi connectivity index (χ3v) is 3.10. The van der Waals surface area contributed by atoms with Crippen molar-refractivity contribution in [2.45, 2.75) is 18.6 Å². The van der Waals surface area contributed by atoms with Crippen molar-refractivity contribution in [1.29, 1.82) is 0 Å². The number of sulfonamides is 1. The van der Waals surface area contributed by atoms with Gasteiger partial charge in [0.2, 0.25) is 10.0 Å². The first-order valence-electron chi connectivity index (χ1n) is 6.06. The van der Waals surface area contributed by atoms with Gasteiger partial charge >= 0.3 is 12.1 Å². The van der Waals surface area contributed by atoms with Crippen LogP contribution in [0.15, 0.2) is 24.3 Å². The molecule has 0 aromatic heterocycles. The van der Waals surface area contributed by atoms with Crippen LogP contribution in [0.2, 0.25) is 0 Å². The average molecular weight is 354 g/mol. The second kappa shape index (κ2) is 6.86. The van der Waals surface area contributed by atoms with Crippen molar-refractivity contribution < 1.29 is 36.3 Å². The quantitative estimate of drug-likeness (QED) is 0.710. The predicted octanol–water partition coefficient (Wildman–Crippen LogP) is 1.19. The molecule has 1 aromatic rings. The molecule has 0 bridgehead atoms. The number of carbonyl (C=O) groups is 2. The van der Waals surface area contributed by atoms with Crippen molar-refractivity contribution >= 4 is 27.6 Å². The van der Waals surface area contributed by atoms with Crippen molar-refractivity contribution in [3.63, 3.8) is 0 Å². The van der Waals surface area contributed by atoms with Crippen LogP contribution in [0.5, 0.6) is 0 Å². The molecule has 0 saturated heterocycles. The summed E-state index contributed by atoms with van der Waals surface area (Å²) in [6, 6.07) is 2.93. The van der Waals surface area contributed by atoms with Crippen LogP contribution >= 0.6 is 0 Å². The molecule has 0 aliphatic rings. The van der Waals surface area contributed by atoms with Gasteiger partial charge in [0, 0.05) is 0 Å². The number of hydrogen-bond donors (Lipinski definition) is 3. The lowest BCUT2D eigenvalue weighted by molar-refractivity contribution is -0.157. The standard InChI is InChI=1S/C12H13F3N2O5S/c1-23(21,22)17-8-5-3-2-4-7(8)10(18)16-9(11(19)20)6-12(13,14)15/h2-5,9,17H,6H2,1H3,(H,16,18)(H,19,20). The minimum atomic E-state index is -4.79. The predicted molar refractivity (Wildman–Crippen MR) is 74.5 cm³/mol. The maximum Gasteiger partial charge on any atom is 0.391 e. The zero-order valence-corrected chi connectivity index (χ0v) is 12.5. The molecule has 1 rings (SSSR count). The van der Waals surface area contributed by atoms with Crippen LogP contribution < -0.4 is 10.0 Å². The number of hydrogen-bond acceptors (Lipinski definition) is 4. The Morgan fingerprint density at radius 1 is 1.26 bits per heavy atom. The van der Waals surface area contributed by atoms with E-state index in [1.54, 1.807) is 5.32 Å². The molecule has 0 spiro atoms. The lowest BCUT2D eigenvalue weighted by atomic mass is 10.1. The molecule has 0 radical (unpaired) electrons. The van der Waals surface area contributed by atoms with E-state index in [-0.39, 0.29) is 11.3 Å². The number of carboxylic acid groups (broad SMARTS) is 1. The summed E-state index contributed by atoms with van der Waals surface area (Å²) in [7, 11) is -3.73. The molecule has 0 aliphatic heterocycles. The fourth-order valence-electron chi connectivity index (χ4n) is 1.64. The normalized spacial score (nSPS) is 13.2. The third kappa shape index (κ3) is 6.55. The van der Waals surface area contributed by atoms with Gasteiger partial charge in [-0.25, -0.2) is 13.2 Å². The van der Waals surface area contributed by atoms with Crippen LogP contribution in [-0.4, -0.2) is 43.9 Å². The maximum atomic E-state index is 12.3. The Kier molecular flexibility index (Phi) is 5.59. The minimum Gasteiger partial charge on any atom is -0.480 e. The van der Waals surface area contributed by atoms with Crippen molar-refractivity contribution in [3.05, 3.63) is 29.8 Å². The van der Waals surface area contributed by atoms with Crippen molar-refractivity contribution in [3.8, 4) is 0 Å². The summed E-state index contributed by atoms with van der Waals surface area (Å²) in [5.74, 6) is -3.00. The van der Waals surface area contributed by atoms with Gasteiger partial charge in [0.05, 0.1) is 23.9 Å². The number of benzene rings is 1. The van der Waals surface area contributed by atoms with Crippen LogP contribution in [0.25, 0.3) is 0 Å². The Hall–Kier alpha value is -2.30. The molecule has 11 heteroatoms. The second-order valence-corrected chi connectivity index (χ2v) is 6.35. The number of nitrogens with one attached hydrogen (secondary N) is 2. The Morgan fingerprint density at radius 3 is 2.30 bits per heavy atom. The van der Waals surface area contributed by atoms with E-state index in [0.29, 0.717) is 0 Å². The SMILES string of the molecule is CS(=O)(=O)Nc1ccccc1C(=O)NC(CC(F)(F)F)C(=O)O. The van der Waals surface area contributed by atoms with Crippen LogP contribution in [0.1, 0.15) is 16.8 Å². The number of carboxylic acids is 1. The molecule has 23 heavy (non-hydrogen) atoms. The Bertz CT molecular complexity index is 703. The summed E-state index contributed by atoms with van der Waals surface area (Å²) in [4.78, 5) is 22.8. The zero-order chi connectivity index (χ0) is 17.8. The van der Waals surface area contributed by atoms with E-state index in [2.05, 4.69) is 0 Å². The van der Waals surface area contributed by atoms with Gasteiger partial charge in [0.1, 0.15) is 6.04 Å². The fraction of sp³-hybridized carbons (Fsp3) is 0.333. The van der Waals surface area contributed by atoms with E-state index >= 15 is 0 Å². The van der Waals surface area contributed by atoms with E-state index in [0.717, 1.165) is 12.3 Å². The van der Waals surface area contributed by atoms with Crippen molar-refractivity contribution in [2.75, 3.05) is 11.0 Å². The summed E-state index contributed by atoms with van der Waals surface area (Å²) < 4.78 is 61.4. The molecule has 0 aliphatic carbocycles. The highest BCUT2D eigenvalue weighted by molar-refractivity contribution is 7.92. The second-order valence-electron chi connectivity index (χ2n) is 4.60. The van der Waals surface area contributed by atoms with E-state index in [4.69, 9.17) is 5.11 Å². The van der Waals surface area contributed by atoms with Crippen molar-refractivity contribution in [2.24, 2.45) is 0 Å². The molecule has 3 N–H and O–H groups in total. The molecule has 128 valence electrons. The fourth-order valence-corrected chi connectivity index (χ4v) is 2.21. The van der Waals surface area contributed by atoms with Gasteiger partial charge < -0.3 is 10.4 Å². The molecule has 1 amide bonds. The van der Waals surface area contributed by atoms with Gasteiger partial charge in [0.25, 0.3) is 5.91 Å². The molecule has 0 fully saturated rings. The molecule has 7 nitrogen and oxygen atoms in total. The highest BCUT2D eigenvalue weighted by Gasteiger charge is 2.36. The highest BCUT2D eigenvalue weighted by Crippen LogP contribution is 2.22. The van der Waals surface area contributed by atoms with Crippen LogP contribution in [0, 0.1) is 0 Å².